The molecular weight excluding hydrogens is 420 g/mol. The van der Waals surface area contributed by atoms with Crippen molar-refractivity contribution in [1.82, 2.24) is 0 Å². The van der Waals surface area contributed by atoms with Crippen LogP contribution in [0.2, 0.25) is 10.0 Å². The number of carbonyl (C=O) groups is 1. The molecule has 0 bridgehead atoms. The lowest BCUT2D eigenvalue weighted by atomic mass is 10.1. The summed E-state index contributed by atoms with van der Waals surface area (Å²) in [5.74, 6) is -0.602. The fourth-order valence-corrected chi connectivity index (χ4v) is 2.83. The molecule has 8 heteroatoms. The molecule has 0 fully saturated rings. The van der Waals surface area contributed by atoms with Gasteiger partial charge in [-0.15, -0.1) is 0 Å². The zero-order chi connectivity index (χ0) is 21.0. The Kier molecular flexibility index (Phi) is 6.26. The van der Waals surface area contributed by atoms with Crippen molar-refractivity contribution in [2.75, 3.05) is 0 Å². The summed E-state index contributed by atoms with van der Waals surface area (Å²) in [6.45, 7) is 0. The number of nitrogens with zero attached hydrogens (tertiary/aromatic N) is 1. The minimum atomic E-state index is -0.605. The van der Waals surface area contributed by atoms with E-state index in [0.717, 1.165) is 0 Å². The smallest absolute Gasteiger partial charge is 0.312 e. The van der Waals surface area contributed by atoms with E-state index < -0.39 is 16.5 Å². The molecule has 146 valence electrons. The molecule has 0 spiro atoms. The van der Waals surface area contributed by atoms with Gasteiger partial charge in [-0.2, -0.15) is 0 Å². The highest BCUT2D eigenvalue weighted by atomic mass is 35.5. The molecule has 0 heterocycles. The first-order chi connectivity index (χ1) is 13.8. The maximum Gasteiger partial charge on any atom is 0.312 e. The van der Waals surface area contributed by atoms with E-state index in [0.29, 0.717) is 10.6 Å². The average molecular weight is 432 g/mol. The molecule has 0 N–H and O–H groups in total. The van der Waals surface area contributed by atoms with Gasteiger partial charge in [-0.3, -0.25) is 14.9 Å². The van der Waals surface area contributed by atoms with E-state index in [9.17, 15) is 19.3 Å². The van der Waals surface area contributed by atoms with E-state index in [2.05, 4.69) is 0 Å². The summed E-state index contributed by atoms with van der Waals surface area (Å²) < 4.78 is 18.5. The number of carbonyl (C=O) groups excluding carboxylic acids is 1. The minimum Gasteiger partial charge on any atom is -0.450 e. The lowest BCUT2D eigenvalue weighted by molar-refractivity contribution is -0.385. The number of ketones is 1. The third kappa shape index (κ3) is 5.19. The first-order valence-corrected chi connectivity index (χ1v) is 8.98. The highest BCUT2D eigenvalue weighted by molar-refractivity contribution is 6.36. The number of halogens is 3. The van der Waals surface area contributed by atoms with Crippen LogP contribution in [0.15, 0.2) is 66.7 Å². The molecule has 0 radical (unpaired) electrons. The van der Waals surface area contributed by atoms with Crippen LogP contribution in [-0.2, 0) is 0 Å². The van der Waals surface area contributed by atoms with Crippen LogP contribution in [-0.4, -0.2) is 10.7 Å². The lowest BCUT2D eigenvalue weighted by Crippen LogP contribution is -1.96. The van der Waals surface area contributed by atoms with E-state index in [4.69, 9.17) is 27.9 Å². The number of rotatable bonds is 6. The number of ether oxygens (including phenoxy) is 1. The summed E-state index contributed by atoms with van der Waals surface area (Å²) >= 11 is 11.9. The van der Waals surface area contributed by atoms with E-state index in [-0.39, 0.29) is 27.8 Å². The molecule has 0 saturated heterocycles. The zero-order valence-corrected chi connectivity index (χ0v) is 16.2. The minimum absolute atomic E-state index is 0.0111. The third-order valence-electron chi connectivity index (χ3n) is 3.84. The quantitative estimate of drug-likeness (QED) is 0.187. The Morgan fingerprint density at radius 3 is 2.45 bits per heavy atom. The fourth-order valence-electron chi connectivity index (χ4n) is 2.44. The Morgan fingerprint density at radius 1 is 1.03 bits per heavy atom. The second-order valence-electron chi connectivity index (χ2n) is 5.86. The summed E-state index contributed by atoms with van der Waals surface area (Å²) in [5, 5.41) is 12.0. The van der Waals surface area contributed by atoms with Crippen LogP contribution in [0.4, 0.5) is 10.1 Å². The molecule has 0 atom stereocenters. The molecule has 3 aromatic carbocycles. The number of benzene rings is 3. The van der Waals surface area contributed by atoms with Crippen molar-refractivity contribution in [1.29, 1.82) is 0 Å². The van der Waals surface area contributed by atoms with Gasteiger partial charge in [0.05, 0.1) is 9.95 Å². The van der Waals surface area contributed by atoms with Crippen LogP contribution in [0.5, 0.6) is 11.5 Å². The first kappa shape index (κ1) is 20.5. The van der Waals surface area contributed by atoms with Gasteiger partial charge in [0.1, 0.15) is 11.6 Å². The van der Waals surface area contributed by atoms with Crippen molar-refractivity contribution < 1.29 is 18.8 Å². The van der Waals surface area contributed by atoms with Crippen LogP contribution in [0.1, 0.15) is 15.9 Å². The average Bonchev–Trinajstić information content (AvgIpc) is 2.70. The molecule has 3 rings (SSSR count). The zero-order valence-electron chi connectivity index (χ0n) is 14.6. The standard InChI is InChI=1S/C21H12Cl2FNO4/c22-14-3-8-18(23)17(12-14)20(26)9-1-13-2-10-21(19(11-13)25(27)28)29-16-6-4-15(24)5-7-16/h1-12H. The van der Waals surface area contributed by atoms with Gasteiger partial charge in [0.2, 0.25) is 5.75 Å². The van der Waals surface area contributed by atoms with Crippen molar-refractivity contribution >= 4 is 40.7 Å². The van der Waals surface area contributed by atoms with Crippen molar-refractivity contribution in [2.24, 2.45) is 0 Å². The predicted octanol–water partition coefficient (Wildman–Crippen LogP) is 6.73. The largest absolute Gasteiger partial charge is 0.450 e. The van der Waals surface area contributed by atoms with E-state index in [1.807, 2.05) is 0 Å². The summed E-state index contributed by atoms with van der Waals surface area (Å²) in [5.41, 5.74) is 0.334. The van der Waals surface area contributed by atoms with Crippen LogP contribution in [0.25, 0.3) is 6.08 Å². The molecular formula is C21H12Cl2FNO4. The predicted molar refractivity (Wildman–Crippen MR) is 109 cm³/mol. The van der Waals surface area contributed by atoms with Crippen molar-refractivity contribution in [2.45, 2.75) is 0 Å². The Morgan fingerprint density at radius 2 is 1.76 bits per heavy atom. The molecule has 0 aliphatic heterocycles. The summed E-state index contributed by atoms with van der Waals surface area (Å²) in [7, 11) is 0. The van der Waals surface area contributed by atoms with Crippen molar-refractivity contribution in [3.05, 3.63) is 104 Å². The Hall–Kier alpha value is -3.22. The van der Waals surface area contributed by atoms with E-state index in [1.54, 1.807) is 12.1 Å². The Bertz CT molecular complexity index is 1110. The summed E-state index contributed by atoms with van der Waals surface area (Å²) in [4.78, 5) is 23.1. The number of nitro groups is 1. The molecule has 0 aliphatic carbocycles. The van der Waals surface area contributed by atoms with Gasteiger partial charge in [0, 0.05) is 16.7 Å². The second kappa shape index (κ2) is 8.86. The van der Waals surface area contributed by atoms with Gasteiger partial charge in [-0.1, -0.05) is 35.3 Å². The highest BCUT2D eigenvalue weighted by Gasteiger charge is 2.17. The van der Waals surface area contributed by atoms with Gasteiger partial charge < -0.3 is 4.74 Å². The molecule has 5 nitrogen and oxygen atoms in total. The van der Waals surface area contributed by atoms with Gasteiger partial charge >= 0.3 is 5.69 Å². The summed E-state index contributed by atoms with van der Waals surface area (Å²) in [6, 6.07) is 13.8. The summed E-state index contributed by atoms with van der Waals surface area (Å²) in [6.07, 6.45) is 2.67. The number of hydrogen-bond acceptors (Lipinski definition) is 4. The Labute approximate surface area is 175 Å². The molecule has 29 heavy (non-hydrogen) atoms. The topological polar surface area (TPSA) is 69.4 Å². The van der Waals surface area contributed by atoms with E-state index >= 15 is 0 Å². The van der Waals surface area contributed by atoms with Gasteiger partial charge in [0.25, 0.3) is 0 Å². The maximum absolute atomic E-state index is 13.0. The maximum atomic E-state index is 13.0. The lowest BCUT2D eigenvalue weighted by Gasteiger charge is -2.07. The molecule has 0 aliphatic rings. The van der Waals surface area contributed by atoms with E-state index in [1.165, 1.54) is 60.7 Å². The van der Waals surface area contributed by atoms with Gasteiger partial charge in [0.15, 0.2) is 5.78 Å². The highest BCUT2D eigenvalue weighted by Crippen LogP contribution is 2.32. The first-order valence-electron chi connectivity index (χ1n) is 8.23. The normalized spacial score (nSPS) is 10.9. The third-order valence-corrected chi connectivity index (χ3v) is 4.41. The number of hydrogen-bond donors (Lipinski definition) is 0. The van der Waals surface area contributed by atoms with Crippen LogP contribution < -0.4 is 4.74 Å². The molecule has 0 saturated carbocycles. The number of allylic oxidation sites excluding steroid dienone is 1. The van der Waals surface area contributed by atoms with Crippen LogP contribution >= 0.6 is 23.2 Å². The Balaban J connectivity index is 1.85. The number of nitro benzene ring substituents is 1. The monoisotopic (exact) mass is 431 g/mol. The van der Waals surface area contributed by atoms with Crippen molar-refractivity contribution in [3.63, 3.8) is 0 Å². The van der Waals surface area contributed by atoms with Crippen LogP contribution in [0, 0.1) is 15.9 Å². The molecule has 0 amide bonds. The molecule has 0 aromatic heterocycles. The SMILES string of the molecule is O=C(C=Cc1ccc(Oc2ccc(F)cc2)c([N+](=O)[O-])c1)c1cc(Cl)ccc1Cl. The fraction of sp³-hybridized carbons (Fsp3) is 0. The van der Waals surface area contributed by atoms with Crippen LogP contribution in [0.3, 0.4) is 0 Å². The van der Waals surface area contributed by atoms with Gasteiger partial charge in [-0.05, 0) is 60.2 Å². The molecule has 0 unspecified atom stereocenters. The van der Waals surface area contributed by atoms with Gasteiger partial charge in [-0.25, -0.2) is 4.39 Å². The second-order valence-corrected chi connectivity index (χ2v) is 6.71. The molecule has 3 aromatic rings. The van der Waals surface area contributed by atoms with Crippen molar-refractivity contribution in [3.8, 4) is 11.5 Å².